The summed E-state index contributed by atoms with van der Waals surface area (Å²) < 4.78 is 0. The van der Waals surface area contributed by atoms with Gasteiger partial charge < -0.3 is 5.11 Å². The van der Waals surface area contributed by atoms with Gasteiger partial charge in [0.25, 0.3) is 0 Å². The lowest BCUT2D eigenvalue weighted by Gasteiger charge is -2.08. The highest BCUT2D eigenvalue weighted by Crippen LogP contribution is 2.22. The topological polar surface area (TPSA) is 37.3 Å². The van der Waals surface area contributed by atoms with Crippen LogP contribution in [0.2, 0.25) is 0 Å². The van der Waals surface area contributed by atoms with E-state index >= 15 is 0 Å². The van der Waals surface area contributed by atoms with Crippen LogP contribution in [0.1, 0.15) is 39.2 Å². The Hall–Kier alpha value is -1.83. The summed E-state index contributed by atoms with van der Waals surface area (Å²) in [5.41, 5.74) is 3.39. The van der Waals surface area contributed by atoms with E-state index in [1.165, 1.54) is 5.57 Å². The molecule has 0 aliphatic heterocycles. The highest BCUT2D eigenvalue weighted by molar-refractivity contribution is 6.16. The Morgan fingerprint density at radius 1 is 1.17 bits per heavy atom. The van der Waals surface area contributed by atoms with E-state index in [4.69, 9.17) is 0 Å². The zero-order valence-electron chi connectivity index (χ0n) is 11.2. The molecule has 1 N–H and O–H groups in total. The molecular weight excluding hydrogens is 224 g/mol. The number of carboxylic acids is 1. The fourth-order valence-corrected chi connectivity index (χ4v) is 1.86. The standard InChI is InChI=1S/C16H20O2/c1-12(2)8-7-9-13(3)15(16(17)18)14-10-5-4-6-11-14/h4-6,8,10-11H,7,9H2,1-3H3,(H,17,18)/b15-13+. The van der Waals surface area contributed by atoms with Crippen molar-refractivity contribution in [1.29, 1.82) is 0 Å². The van der Waals surface area contributed by atoms with Gasteiger partial charge in [-0.05, 0) is 39.2 Å². The van der Waals surface area contributed by atoms with Gasteiger partial charge in [0.2, 0.25) is 0 Å². The average molecular weight is 244 g/mol. The molecule has 0 saturated heterocycles. The zero-order chi connectivity index (χ0) is 13.5. The number of aliphatic carboxylic acids is 1. The lowest BCUT2D eigenvalue weighted by Crippen LogP contribution is -2.02. The van der Waals surface area contributed by atoms with Crippen LogP contribution in [-0.2, 0) is 4.79 Å². The molecule has 1 rings (SSSR count). The third-order valence-corrected chi connectivity index (χ3v) is 2.78. The molecule has 0 aromatic heterocycles. The predicted octanol–water partition coefficient (Wildman–Crippen LogP) is 4.29. The monoisotopic (exact) mass is 244 g/mol. The number of hydrogen-bond acceptors (Lipinski definition) is 1. The first-order valence-electron chi connectivity index (χ1n) is 6.14. The largest absolute Gasteiger partial charge is 0.478 e. The van der Waals surface area contributed by atoms with E-state index in [9.17, 15) is 9.90 Å². The first-order valence-corrected chi connectivity index (χ1v) is 6.14. The molecule has 96 valence electrons. The summed E-state index contributed by atoms with van der Waals surface area (Å²) in [5.74, 6) is -0.851. The van der Waals surface area contributed by atoms with E-state index in [2.05, 4.69) is 6.08 Å². The normalized spacial score (nSPS) is 11.7. The SMILES string of the molecule is CC(C)=CCC/C(C)=C(/C(=O)O)c1ccccc1. The fraction of sp³-hybridized carbons (Fsp3) is 0.312. The van der Waals surface area contributed by atoms with Crippen LogP contribution in [0.4, 0.5) is 0 Å². The summed E-state index contributed by atoms with van der Waals surface area (Å²) in [6.45, 7) is 6.00. The quantitative estimate of drug-likeness (QED) is 0.619. The molecule has 0 bridgehead atoms. The van der Waals surface area contributed by atoms with Crippen molar-refractivity contribution < 1.29 is 9.90 Å². The van der Waals surface area contributed by atoms with Gasteiger partial charge in [0, 0.05) is 0 Å². The Morgan fingerprint density at radius 3 is 2.28 bits per heavy atom. The van der Waals surface area contributed by atoms with Gasteiger partial charge in [-0.15, -0.1) is 0 Å². The molecule has 0 fully saturated rings. The van der Waals surface area contributed by atoms with Gasteiger partial charge in [-0.2, -0.15) is 0 Å². The molecule has 0 unspecified atom stereocenters. The lowest BCUT2D eigenvalue weighted by molar-refractivity contribution is -0.130. The van der Waals surface area contributed by atoms with Crippen molar-refractivity contribution in [2.75, 3.05) is 0 Å². The van der Waals surface area contributed by atoms with Gasteiger partial charge in [0.05, 0.1) is 5.57 Å². The number of carbonyl (C=O) groups is 1. The second kappa shape index (κ2) is 6.80. The second-order valence-electron chi connectivity index (χ2n) is 4.65. The van der Waals surface area contributed by atoms with Crippen LogP contribution < -0.4 is 0 Å². The van der Waals surface area contributed by atoms with Crippen LogP contribution in [0, 0.1) is 0 Å². The van der Waals surface area contributed by atoms with Crippen LogP contribution in [0.5, 0.6) is 0 Å². The minimum absolute atomic E-state index is 0.428. The van der Waals surface area contributed by atoms with Gasteiger partial charge in [-0.25, -0.2) is 4.79 Å². The third kappa shape index (κ3) is 4.21. The molecule has 0 heterocycles. The van der Waals surface area contributed by atoms with E-state index in [0.29, 0.717) is 5.57 Å². The van der Waals surface area contributed by atoms with E-state index in [1.54, 1.807) is 0 Å². The molecule has 1 aromatic rings. The molecule has 0 saturated carbocycles. The van der Waals surface area contributed by atoms with E-state index in [0.717, 1.165) is 24.0 Å². The summed E-state index contributed by atoms with van der Waals surface area (Å²) in [4.78, 5) is 11.4. The minimum atomic E-state index is -0.851. The van der Waals surface area contributed by atoms with Gasteiger partial charge in [-0.3, -0.25) is 0 Å². The highest BCUT2D eigenvalue weighted by Gasteiger charge is 2.13. The van der Waals surface area contributed by atoms with Crippen LogP contribution in [0.3, 0.4) is 0 Å². The van der Waals surface area contributed by atoms with Gasteiger partial charge in [0.1, 0.15) is 0 Å². The van der Waals surface area contributed by atoms with Crippen LogP contribution >= 0.6 is 0 Å². The van der Waals surface area contributed by atoms with Crippen LogP contribution in [0.25, 0.3) is 5.57 Å². The molecule has 2 nitrogen and oxygen atoms in total. The molecule has 0 atom stereocenters. The first-order chi connectivity index (χ1) is 8.52. The Labute approximate surface area is 109 Å². The average Bonchev–Trinajstić information content (AvgIpc) is 2.29. The summed E-state index contributed by atoms with van der Waals surface area (Å²) in [5, 5.41) is 9.33. The van der Waals surface area contributed by atoms with Gasteiger partial charge >= 0.3 is 5.97 Å². The first kappa shape index (κ1) is 14.2. The second-order valence-corrected chi connectivity index (χ2v) is 4.65. The number of hydrogen-bond donors (Lipinski definition) is 1. The van der Waals surface area contributed by atoms with Crippen molar-refractivity contribution in [2.45, 2.75) is 33.6 Å². The van der Waals surface area contributed by atoms with Crippen molar-refractivity contribution in [1.82, 2.24) is 0 Å². The van der Waals surface area contributed by atoms with Crippen molar-refractivity contribution in [3.8, 4) is 0 Å². The number of rotatable bonds is 5. The molecule has 0 aliphatic carbocycles. The summed E-state index contributed by atoms with van der Waals surface area (Å²) >= 11 is 0. The maximum absolute atomic E-state index is 11.4. The number of allylic oxidation sites excluding steroid dienone is 3. The van der Waals surface area contributed by atoms with Gasteiger partial charge in [0.15, 0.2) is 0 Å². The molecule has 0 radical (unpaired) electrons. The minimum Gasteiger partial charge on any atom is -0.478 e. The number of benzene rings is 1. The Bertz CT molecular complexity index is 463. The number of carboxylic acid groups (broad SMARTS) is 1. The predicted molar refractivity (Wildman–Crippen MR) is 75.3 cm³/mol. The molecule has 1 aromatic carbocycles. The van der Waals surface area contributed by atoms with E-state index in [-0.39, 0.29) is 0 Å². The molecule has 0 aliphatic rings. The maximum Gasteiger partial charge on any atom is 0.336 e. The molecular formula is C16H20O2. The Kier molecular flexibility index (Phi) is 5.37. The fourth-order valence-electron chi connectivity index (χ4n) is 1.86. The Morgan fingerprint density at radius 2 is 1.78 bits per heavy atom. The van der Waals surface area contributed by atoms with E-state index < -0.39 is 5.97 Å². The van der Waals surface area contributed by atoms with Crippen LogP contribution in [0.15, 0.2) is 47.6 Å². The van der Waals surface area contributed by atoms with Crippen molar-refractivity contribution in [2.24, 2.45) is 0 Å². The smallest absolute Gasteiger partial charge is 0.336 e. The third-order valence-electron chi connectivity index (χ3n) is 2.78. The summed E-state index contributed by atoms with van der Waals surface area (Å²) in [6, 6.07) is 9.30. The molecule has 0 spiro atoms. The molecule has 2 heteroatoms. The highest BCUT2D eigenvalue weighted by atomic mass is 16.4. The van der Waals surface area contributed by atoms with E-state index in [1.807, 2.05) is 51.1 Å². The summed E-state index contributed by atoms with van der Waals surface area (Å²) in [7, 11) is 0. The van der Waals surface area contributed by atoms with Crippen molar-refractivity contribution in [3.63, 3.8) is 0 Å². The maximum atomic E-state index is 11.4. The van der Waals surface area contributed by atoms with Crippen LogP contribution in [-0.4, -0.2) is 11.1 Å². The van der Waals surface area contributed by atoms with Crippen molar-refractivity contribution >= 4 is 11.5 Å². The summed E-state index contributed by atoms with van der Waals surface area (Å²) in [6.07, 6.45) is 3.80. The van der Waals surface area contributed by atoms with Crippen molar-refractivity contribution in [3.05, 3.63) is 53.1 Å². The molecule has 0 amide bonds. The Balaban J connectivity index is 2.97. The van der Waals surface area contributed by atoms with Gasteiger partial charge in [-0.1, -0.05) is 47.6 Å². The molecule has 18 heavy (non-hydrogen) atoms. The zero-order valence-corrected chi connectivity index (χ0v) is 11.2. The lowest BCUT2D eigenvalue weighted by atomic mass is 9.97.